The molecule has 0 aromatic heterocycles. The molecule has 0 aromatic rings. The maximum atomic E-state index is 2.40. The minimum Gasteiger partial charge on any atom is -0.265 e. The van der Waals surface area contributed by atoms with Gasteiger partial charge in [-0.25, -0.2) is 4.90 Å². The lowest BCUT2D eigenvalue weighted by Gasteiger charge is -2.31. The lowest BCUT2D eigenvalue weighted by molar-refractivity contribution is -0.530. The number of likely N-dealkylation sites (N-methyl/N-ethyl adjacent to an activating group) is 1. The van der Waals surface area contributed by atoms with Gasteiger partial charge in [0.05, 0.1) is 39.4 Å². The van der Waals surface area contributed by atoms with Crippen LogP contribution in [0, 0.1) is 0 Å². The lowest BCUT2D eigenvalue weighted by atomic mass is 10.2. The summed E-state index contributed by atoms with van der Waals surface area (Å²) in [6.07, 6.45) is 5.61. The third kappa shape index (κ3) is 2.33. The molecule has 1 rings (SSSR count). The Labute approximate surface area is 93.7 Å². The molecule has 0 spiro atoms. The van der Waals surface area contributed by atoms with Gasteiger partial charge < -0.3 is 0 Å². The second-order valence-electron chi connectivity index (χ2n) is 4.01. The van der Waals surface area contributed by atoms with Crippen LogP contribution in [0.2, 0.25) is 0 Å². The molecule has 3 nitrogen and oxygen atoms in total. The highest BCUT2D eigenvalue weighted by molar-refractivity contribution is 5.77. The molecule has 86 valence electrons. The molecular weight excluding hydrogens is 186 g/mol. The molecule has 1 atom stereocenters. The summed E-state index contributed by atoms with van der Waals surface area (Å²) in [5.74, 6) is 1.31. The Balaban J connectivity index is 3.06. The molecule has 0 bridgehead atoms. The van der Waals surface area contributed by atoms with E-state index in [1.165, 1.54) is 5.96 Å². The standard InChI is InChI=1S/C12H24N3/c1-6-11-9-10-13(4)12(14(11)5)15(7-2)8-3/h9-11H,6-8H2,1-5H3/q+1. The van der Waals surface area contributed by atoms with Crippen LogP contribution >= 0.6 is 0 Å². The van der Waals surface area contributed by atoms with Crippen LogP contribution in [-0.2, 0) is 0 Å². The first-order valence-corrected chi connectivity index (χ1v) is 5.91. The summed E-state index contributed by atoms with van der Waals surface area (Å²) in [7, 11) is 4.30. The van der Waals surface area contributed by atoms with E-state index in [2.05, 4.69) is 61.5 Å². The van der Waals surface area contributed by atoms with E-state index in [0.717, 1.165) is 19.5 Å². The number of hydrogen-bond acceptors (Lipinski definition) is 0. The second kappa shape index (κ2) is 5.19. The van der Waals surface area contributed by atoms with Crippen molar-refractivity contribution in [1.82, 2.24) is 9.80 Å². The number of nitrogens with zero attached hydrogens (tertiary/aromatic N) is 3. The van der Waals surface area contributed by atoms with Crippen molar-refractivity contribution in [3.8, 4) is 0 Å². The van der Waals surface area contributed by atoms with Crippen LogP contribution < -0.4 is 0 Å². The summed E-state index contributed by atoms with van der Waals surface area (Å²) >= 11 is 0. The van der Waals surface area contributed by atoms with Crippen molar-refractivity contribution in [3.63, 3.8) is 0 Å². The Kier molecular flexibility index (Phi) is 4.18. The molecule has 0 aromatic carbocycles. The molecule has 0 fully saturated rings. The molecule has 15 heavy (non-hydrogen) atoms. The van der Waals surface area contributed by atoms with Gasteiger partial charge in [0, 0.05) is 0 Å². The number of guanidine groups is 1. The SMILES string of the molecule is CCC1C=CN(C)C(=[N+](CC)CC)N1C. The number of hydrogen-bond donors (Lipinski definition) is 0. The molecule has 0 saturated heterocycles. The van der Waals surface area contributed by atoms with Gasteiger partial charge in [-0.3, -0.25) is 9.48 Å². The Morgan fingerprint density at radius 2 is 1.80 bits per heavy atom. The molecule has 1 heterocycles. The molecule has 3 heteroatoms. The van der Waals surface area contributed by atoms with E-state index >= 15 is 0 Å². The van der Waals surface area contributed by atoms with E-state index in [1.54, 1.807) is 0 Å². The zero-order valence-corrected chi connectivity index (χ0v) is 10.7. The van der Waals surface area contributed by atoms with Gasteiger partial charge in [0.25, 0.3) is 0 Å². The first-order valence-electron chi connectivity index (χ1n) is 5.91. The summed E-state index contributed by atoms with van der Waals surface area (Å²) in [6, 6.07) is 0.539. The van der Waals surface area contributed by atoms with Crippen LogP contribution in [0.3, 0.4) is 0 Å². The Morgan fingerprint density at radius 1 is 1.20 bits per heavy atom. The van der Waals surface area contributed by atoms with Crippen LogP contribution in [0.25, 0.3) is 0 Å². The summed E-state index contributed by atoms with van der Waals surface area (Å²) in [4.78, 5) is 4.58. The van der Waals surface area contributed by atoms with Gasteiger partial charge in [0.1, 0.15) is 0 Å². The summed E-state index contributed by atoms with van der Waals surface area (Å²) in [5, 5.41) is 0. The molecule has 0 N–H and O–H groups in total. The molecular formula is C12H24N3+. The Morgan fingerprint density at radius 3 is 2.27 bits per heavy atom. The predicted molar refractivity (Wildman–Crippen MR) is 65.1 cm³/mol. The largest absolute Gasteiger partial charge is 0.354 e. The van der Waals surface area contributed by atoms with E-state index in [9.17, 15) is 0 Å². The molecule has 0 aliphatic carbocycles. The van der Waals surface area contributed by atoms with Crippen molar-refractivity contribution in [1.29, 1.82) is 0 Å². The fourth-order valence-electron chi connectivity index (χ4n) is 2.18. The number of rotatable bonds is 3. The Hall–Kier alpha value is -0.990. The van der Waals surface area contributed by atoms with Gasteiger partial charge in [-0.05, 0) is 26.3 Å². The molecule has 1 aliphatic heterocycles. The third-order valence-electron chi connectivity index (χ3n) is 3.12. The fourth-order valence-corrected chi connectivity index (χ4v) is 2.18. The van der Waals surface area contributed by atoms with E-state index in [0.29, 0.717) is 6.04 Å². The normalized spacial score (nSPS) is 21.1. The molecule has 0 radical (unpaired) electrons. The van der Waals surface area contributed by atoms with E-state index in [-0.39, 0.29) is 0 Å². The summed E-state index contributed by atoms with van der Waals surface area (Å²) in [5.41, 5.74) is 0. The minimum absolute atomic E-state index is 0.539. The van der Waals surface area contributed by atoms with Gasteiger partial charge in [-0.1, -0.05) is 6.92 Å². The van der Waals surface area contributed by atoms with Crippen molar-refractivity contribution in [2.45, 2.75) is 33.2 Å². The lowest BCUT2D eigenvalue weighted by Crippen LogP contribution is -2.51. The van der Waals surface area contributed by atoms with Crippen molar-refractivity contribution < 1.29 is 4.58 Å². The highest BCUT2D eigenvalue weighted by Crippen LogP contribution is 2.12. The fraction of sp³-hybridized carbons (Fsp3) is 0.750. The van der Waals surface area contributed by atoms with Crippen LogP contribution in [0.1, 0.15) is 27.2 Å². The van der Waals surface area contributed by atoms with Crippen LogP contribution in [-0.4, -0.2) is 53.6 Å². The highest BCUT2D eigenvalue weighted by Gasteiger charge is 2.30. The van der Waals surface area contributed by atoms with Crippen LogP contribution in [0.4, 0.5) is 0 Å². The zero-order chi connectivity index (χ0) is 11.4. The molecule has 1 unspecified atom stereocenters. The average Bonchev–Trinajstić information content (AvgIpc) is 2.24. The van der Waals surface area contributed by atoms with Crippen LogP contribution in [0.15, 0.2) is 12.3 Å². The monoisotopic (exact) mass is 210 g/mol. The van der Waals surface area contributed by atoms with Crippen LogP contribution in [0.5, 0.6) is 0 Å². The predicted octanol–water partition coefficient (Wildman–Crippen LogP) is 1.56. The quantitative estimate of drug-likeness (QED) is 0.654. The molecule has 1 aliphatic rings. The van der Waals surface area contributed by atoms with Crippen molar-refractivity contribution >= 4 is 5.96 Å². The maximum Gasteiger partial charge on any atom is 0.354 e. The van der Waals surface area contributed by atoms with Gasteiger partial charge in [-0.15, -0.1) is 0 Å². The highest BCUT2D eigenvalue weighted by atomic mass is 15.4. The summed E-state index contributed by atoms with van der Waals surface area (Å²) < 4.78 is 2.40. The van der Waals surface area contributed by atoms with Gasteiger partial charge in [0.15, 0.2) is 0 Å². The first kappa shape index (κ1) is 12.1. The van der Waals surface area contributed by atoms with Crippen molar-refractivity contribution in [2.75, 3.05) is 27.2 Å². The summed E-state index contributed by atoms with van der Waals surface area (Å²) in [6.45, 7) is 8.77. The van der Waals surface area contributed by atoms with Gasteiger partial charge in [0.2, 0.25) is 0 Å². The first-order chi connectivity index (χ1) is 7.15. The molecule has 0 saturated carbocycles. The molecule has 0 amide bonds. The van der Waals surface area contributed by atoms with E-state index in [4.69, 9.17) is 0 Å². The maximum absolute atomic E-state index is 2.40. The minimum atomic E-state index is 0.539. The smallest absolute Gasteiger partial charge is 0.265 e. The second-order valence-corrected chi connectivity index (χ2v) is 4.01. The van der Waals surface area contributed by atoms with Gasteiger partial charge >= 0.3 is 5.96 Å². The zero-order valence-electron chi connectivity index (χ0n) is 10.7. The topological polar surface area (TPSA) is 9.49 Å². The van der Waals surface area contributed by atoms with E-state index < -0.39 is 0 Å². The van der Waals surface area contributed by atoms with Crippen molar-refractivity contribution in [3.05, 3.63) is 12.3 Å². The third-order valence-corrected chi connectivity index (χ3v) is 3.12. The van der Waals surface area contributed by atoms with Crippen molar-refractivity contribution in [2.24, 2.45) is 0 Å². The van der Waals surface area contributed by atoms with Gasteiger partial charge in [-0.2, -0.15) is 0 Å². The average molecular weight is 210 g/mol. The van der Waals surface area contributed by atoms with E-state index in [1.807, 2.05) is 0 Å². The Bertz CT molecular complexity index is 262.